The highest BCUT2D eigenvalue weighted by Gasteiger charge is 2.48. The van der Waals surface area contributed by atoms with Crippen LogP contribution in [0.25, 0.3) is 66.1 Å². The zero-order valence-corrected chi connectivity index (χ0v) is 42.4. The van der Waals surface area contributed by atoms with E-state index in [4.69, 9.17) is 0 Å². The lowest BCUT2D eigenvalue weighted by Gasteiger charge is -2.35. The predicted molar refractivity (Wildman–Crippen MR) is 322 cm³/mol. The Morgan fingerprint density at radius 3 is 1.27 bits per heavy atom. The summed E-state index contributed by atoms with van der Waals surface area (Å²) in [7, 11) is 0. The molecule has 0 radical (unpaired) electrons. The van der Waals surface area contributed by atoms with Crippen LogP contribution in [0.5, 0.6) is 0 Å². The Morgan fingerprint density at radius 1 is 0.221 bits per heavy atom. The quantitative estimate of drug-likeness (QED) is 0.130. The standard InChI is InChI=1S/C76H51N/c1-5-21-57(22-6-1)75(58-23-7-2-8-24-58)71-34-18-16-31-69(71)74-66(32-19-35-72(74)75)54-40-45-62(46-41-54)77(61-43-38-52(39-44-61)55-42-48-65-56(50-55)37-36-53-20-13-14-29-64(53)65)63-47-49-68-67-30-15-17-33-70(67)76(73(68)51-63,59-25-9-3-10-26-59)60-27-11-4-12-28-60/h1-51H. The fourth-order valence-electron chi connectivity index (χ4n) is 13.5. The molecule has 2 aliphatic carbocycles. The lowest BCUT2D eigenvalue weighted by molar-refractivity contribution is 0.768. The average molecular weight is 978 g/mol. The molecule has 360 valence electrons. The molecule has 77 heavy (non-hydrogen) atoms. The van der Waals surface area contributed by atoms with Gasteiger partial charge in [0.15, 0.2) is 0 Å². The predicted octanol–water partition coefficient (Wildman–Crippen LogP) is 19.5. The van der Waals surface area contributed by atoms with E-state index in [2.05, 4.69) is 314 Å². The van der Waals surface area contributed by atoms with Gasteiger partial charge in [-0.15, -0.1) is 0 Å². The van der Waals surface area contributed by atoms with Crippen LogP contribution >= 0.6 is 0 Å². The van der Waals surface area contributed by atoms with E-state index in [9.17, 15) is 0 Å². The van der Waals surface area contributed by atoms with Crippen LogP contribution in [0.2, 0.25) is 0 Å². The van der Waals surface area contributed by atoms with Gasteiger partial charge in [0.1, 0.15) is 0 Å². The average Bonchev–Trinajstić information content (AvgIpc) is 4.19. The van der Waals surface area contributed by atoms with Gasteiger partial charge in [0.25, 0.3) is 0 Å². The maximum atomic E-state index is 2.47. The number of hydrogen-bond donors (Lipinski definition) is 0. The van der Waals surface area contributed by atoms with E-state index in [0.717, 1.165) is 17.1 Å². The zero-order chi connectivity index (χ0) is 50.9. The fourth-order valence-corrected chi connectivity index (χ4v) is 13.5. The summed E-state index contributed by atoms with van der Waals surface area (Å²) in [5.41, 5.74) is 22.3. The highest BCUT2D eigenvalue weighted by atomic mass is 15.1. The van der Waals surface area contributed by atoms with Crippen molar-refractivity contribution in [2.45, 2.75) is 10.8 Å². The van der Waals surface area contributed by atoms with Crippen molar-refractivity contribution >= 4 is 38.6 Å². The van der Waals surface area contributed by atoms with E-state index in [1.54, 1.807) is 0 Å². The van der Waals surface area contributed by atoms with Gasteiger partial charge in [-0.1, -0.05) is 267 Å². The van der Waals surface area contributed by atoms with Crippen molar-refractivity contribution in [3.8, 4) is 44.5 Å². The van der Waals surface area contributed by atoms with Gasteiger partial charge in [-0.3, -0.25) is 0 Å². The van der Waals surface area contributed by atoms with Gasteiger partial charge in [-0.25, -0.2) is 0 Å². The lowest BCUT2D eigenvalue weighted by atomic mass is 9.67. The van der Waals surface area contributed by atoms with Crippen LogP contribution in [-0.4, -0.2) is 0 Å². The van der Waals surface area contributed by atoms with Gasteiger partial charge >= 0.3 is 0 Å². The molecular weight excluding hydrogens is 927 g/mol. The summed E-state index contributed by atoms with van der Waals surface area (Å²) in [4.78, 5) is 2.45. The van der Waals surface area contributed by atoms with Crippen molar-refractivity contribution < 1.29 is 0 Å². The lowest BCUT2D eigenvalue weighted by Crippen LogP contribution is -2.28. The Kier molecular flexibility index (Phi) is 10.4. The first-order chi connectivity index (χ1) is 38.2. The van der Waals surface area contributed by atoms with Crippen LogP contribution in [0.3, 0.4) is 0 Å². The largest absolute Gasteiger partial charge is 0.310 e. The second-order valence-electron chi connectivity index (χ2n) is 20.7. The highest BCUT2D eigenvalue weighted by Crippen LogP contribution is 2.60. The first-order valence-electron chi connectivity index (χ1n) is 26.8. The molecule has 0 heterocycles. The third-order valence-corrected chi connectivity index (χ3v) is 16.8. The van der Waals surface area contributed by atoms with E-state index in [1.165, 1.54) is 111 Å². The molecule has 15 rings (SSSR count). The molecule has 0 aliphatic heterocycles. The van der Waals surface area contributed by atoms with Crippen molar-refractivity contribution in [3.63, 3.8) is 0 Å². The third kappa shape index (κ3) is 6.80. The van der Waals surface area contributed by atoms with Crippen LogP contribution in [0, 0.1) is 0 Å². The molecule has 0 atom stereocenters. The van der Waals surface area contributed by atoms with Gasteiger partial charge in [0.2, 0.25) is 0 Å². The van der Waals surface area contributed by atoms with E-state index in [1.807, 2.05) is 0 Å². The Labute approximate surface area is 450 Å². The minimum atomic E-state index is -0.538. The third-order valence-electron chi connectivity index (χ3n) is 16.8. The molecular formula is C76H51N. The van der Waals surface area contributed by atoms with Crippen molar-refractivity contribution in [1.82, 2.24) is 0 Å². The van der Waals surface area contributed by atoms with Crippen LogP contribution < -0.4 is 4.90 Å². The van der Waals surface area contributed by atoms with Gasteiger partial charge in [-0.05, 0) is 153 Å². The first kappa shape index (κ1) is 44.6. The van der Waals surface area contributed by atoms with Crippen molar-refractivity contribution in [3.05, 3.63) is 354 Å². The molecule has 1 nitrogen and oxygen atoms in total. The molecule has 0 spiro atoms. The second-order valence-corrected chi connectivity index (χ2v) is 20.7. The number of anilines is 3. The molecule has 2 aliphatic rings. The Bertz CT molecular complexity index is 4270. The summed E-state index contributed by atoms with van der Waals surface area (Å²) >= 11 is 0. The maximum Gasteiger partial charge on any atom is 0.0714 e. The van der Waals surface area contributed by atoms with Crippen LogP contribution in [0.15, 0.2) is 309 Å². The second kappa shape index (κ2) is 17.9. The van der Waals surface area contributed by atoms with Gasteiger partial charge in [-0.2, -0.15) is 0 Å². The topological polar surface area (TPSA) is 3.24 Å². The molecule has 1 heteroatoms. The Morgan fingerprint density at radius 2 is 0.649 bits per heavy atom. The minimum absolute atomic E-state index is 0.476. The van der Waals surface area contributed by atoms with Gasteiger partial charge < -0.3 is 4.90 Å². The van der Waals surface area contributed by atoms with Gasteiger partial charge in [0, 0.05) is 17.1 Å². The molecule has 0 aromatic heterocycles. The smallest absolute Gasteiger partial charge is 0.0714 e. The number of rotatable bonds is 9. The molecule has 0 amide bonds. The zero-order valence-electron chi connectivity index (χ0n) is 42.4. The summed E-state index contributed by atoms with van der Waals surface area (Å²) in [5, 5.41) is 5.06. The van der Waals surface area contributed by atoms with Crippen LogP contribution in [0.1, 0.15) is 44.5 Å². The number of benzene rings is 13. The van der Waals surface area contributed by atoms with E-state index < -0.39 is 10.8 Å². The molecule has 13 aromatic carbocycles. The van der Waals surface area contributed by atoms with Crippen LogP contribution in [-0.2, 0) is 10.8 Å². The van der Waals surface area contributed by atoms with E-state index in [0.29, 0.717) is 0 Å². The summed E-state index contributed by atoms with van der Waals surface area (Å²) in [5.74, 6) is 0. The molecule has 0 N–H and O–H groups in total. The Balaban J connectivity index is 0.900. The van der Waals surface area contributed by atoms with Crippen molar-refractivity contribution in [1.29, 1.82) is 0 Å². The molecule has 0 saturated carbocycles. The normalized spacial score (nSPS) is 13.4. The van der Waals surface area contributed by atoms with Crippen LogP contribution in [0.4, 0.5) is 17.1 Å². The molecule has 0 saturated heterocycles. The monoisotopic (exact) mass is 977 g/mol. The van der Waals surface area contributed by atoms with E-state index in [-0.39, 0.29) is 0 Å². The summed E-state index contributed by atoms with van der Waals surface area (Å²) < 4.78 is 0. The fraction of sp³-hybridized carbons (Fsp3) is 0.0263. The maximum absolute atomic E-state index is 2.47. The number of hydrogen-bond acceptors (Lipinski definition) is 1. The van der Waals surface area contributed by atoms with E-state index >= 15 is 0 Å². The highest BCUT2D eigenvalue weighted by molar-refractivity contribution is 6.08. The van der Waals surface area contributed by atoms with Gasteiger partial charge in [0.05, 0.1) is 10.8 Å². The summed E-state index contributed by atoms with van der Waals surface area (Å²) in [6, 6.07) is 115. The molecule has 0 unspecified atom stereocenters. The summed E-state index contributed by atoms with van der Waals surface area (Å²) in [6.45, 7) is 0. The first-order valence-corrected chi connectivity index (χ1v) is 26.8. The molecule has 0 bridgehead atoms. The molecule has 0 fully saturated rings. The minimum Gasteiger partial charge on any atom is -0.310 e. The summed E-state index contributed by atoms with van der Waals surface area (Å²) in [6.07, 6.45) is 0. The molecule has 13 aromatic rings. The Hall–Kier alpha value is -9.82. The van der Waals surface area contributed by atoms with Crippen molar-refractivity contribution in [2.75, 3.05) is 4.90 Å². The SMILES string of the molecule is c1ccc(C2(c3ccccc3)c3ccccc3-c3ccc(N(c4ccc(-c5ccc6c(ccc7ccccc76)c5)cc4)c4ccc(-c5cccc6c5-c5ccccc5C6(c5ccccc5)c5ccccc5)cc4)cc32)cc1. The number of fused-ring (bicyclic) bond motifs is 9. The number of nitrogens with zero attached hydrogens (tertiary/aromatic N) is 1. The van der Waals surface area contributed by atoms with Crippen molar-refractivity contribution in [2.24, 2.45) is 0 Å².